The number of urea groups is 1. The van der Waals surface area contributed by atoms with Crippen LogP contribution in [0.5, 0.6) is 0 Å². The zero-order valence-corrected chi connectivity index (χ0v) is 14.9. The van der Waals surface area contributed by atoms with Crippen molar-refractivity contribution in [3.05, 3.63) is 12.2 Å². The molecule has 1 spiro atoms. The van der Waals surface area contributed by atoms with Crippen LogP contribution in [-0.4, -0.2) is 53.3 Å². The van der Waals surface area contributed by atoms with E-state index in [0.29, 0.717) is 37.1 Å². The molecular formula is C19H27N3O3. The van der Waals surface area contributed by atoms with Crippen LogP contribution in [0.1, 0.15) is 44.9 Å². The van der Waals surface area contributed by atoms with Gasteiger partial charge in [-0.05, 0) is 43.4 Å². The van der Waals surface area contributed by atoms with E-state index in [4.69, 9.17) is 0 Å². The van der Waals surface area contributed by atoms with E-state index in [1.807, 2.05) is 0 Å². The van der Waals surface area contributed by atoms with Crippen LogP contribution in [0, 0.1) is 17.8 Å². The van der Waals surface area contributed by atoms with Gasteiger partial charge in [0.15, 0.2) is 0 Å². The first-order valence-corrected chi connectivity index (χ1v) is 9.56. The lowest BCUT2D eigenvalue weighted by Gasteiger charge is -2.35. The maximum absolute atomic E-state index is 12.9. The fraction of sp³-hybridized carbons (Fsp3) is 0.737. The Morgan fingerprint density at radius 2 is 1.96 bits per heavy atom. The van der Waals surface area contributed by atoms with Gasteiger partial charge in [-0.25, -0.2) is 4.79 Å². The third-order valence-electron chi connectivity index (χ3n) is 6.76. The Morgan fingerprint density at radius 3 is 2.60 bits per heavy atom. The first-order valence-electron chi connectivity index (χ1n) is 9.56. The lowest BCUT2D eigenvalue weighted by molar-refractivity contribution is -0.137. The number of amides is 4. The molecule has 3 fully saturated rings. The van der Waals surface area contributed by atoms with Crippen LogP contribution in [0.2, 0.25) is 0 Å². The van der Waals surface area contributed by atoms with Gasteiger partial charge < -0.3 is 10.2 Å². The molecule has 0 unspecified atom stereocenters. The Morgan fingerprint density at radius 1 is 1.20 bits per heavy atom. The number of rotatable bonds is 4. The highest BCUT2D eigenvalue weighted by Gasteiger charge is 2.55. The molecule has 1 saturated heterocycles. The largest absolute Gasteiger partial charge is 0.354 e. The van der Waals surface area contributed by atoms with Crippen molar-refractivity contribution < 1.29 is 14.4 Å². The van der Waals surface area contributed by atoms with Crippen molar-refractivity contribution >= 4 is 17.8 Å². The van der Waals surface area contributed by atoms with E-state index in [9.17, 15) is 14.4 Å². The Labute approximate surface area is 148 Å². The molecule has 4 rings (SSSR count). The summed E-state index contributed by atoms with van der Waals surface area (Å²) < 4.78 is 0. The van der Waals surface area contributed by atoms with Crippen LogP contribution in [0.25, 0.3) is 0 Å². The number of fused-ring (bicyclic) bond motifs is 2. The zero-order valence-electron chi connectivity index (χ0n) is 14.9. The number of nitrogens with one attached hydrogen (secondary N) is 1. The molecule has 6 heteroatoms. The third-order valence-corrected chi connectivity index (χ3v) is 6.76. The quantitative estimate of drug-likeness (QED) is 0.625. The second kappa shape index (κ2) is 6.15. The minimum Gasteiger partial charge on any atom is -0.354 e. The van der Waals surface area contributed by atoms with E-state index in [0.717, 1.165) is 30.6 Å². The summed E-state index contributed by atoms with van der Waals surface area (Å²) in [7, 11) is 1.70. The summed E-state index contributed by atoms with van der Waals surface area (Å²) in [4.78, 5) is 40.5. The van der Waals surface area contributed by atoms with Crippen molar-refractivity contribution in [1.82, 2.24) is 15.1 Å². The summed E-state index contributed by atoms with van der Waals surface area (Å²) in [6.45, 7) is 0.488. The standard InChI is InChI=1S/C19H27N3O3/c1-21-18(25)22(17(24)19(21)7-3-2-4-8-19)12-16(23)20-11-15-10-13-5-6-14(15)9-13/h5-6,13-15H,2-4,7-12H2,1H3,(H,20,23)/t13-,14+,15+/m1/s1. The number of imide groups is 1. The van der Waals surface area contributed by atoms with E-state index >= 15 is 0 Å². The van der Waals surface area contributed by atoms with Crippen molar-refractivity contribution in [2.45, 2.75) is 50.5 Å². The second-order valence-electron chi connectivity index (χ2n) is 8.17. The number of likely N-dealkylation sites (N-methyl/N-ethyl adjacent to an activating group) is 1. The van der Waals surface area contributed by atoms with Gasteiger partial charge in [-0.2, -0.15) is 0 Å². The average Bonchev–Trinajstić information content (AvgIpc) is 3.29. The summed E-state index contributed by atoms with van der Waals surface area (Å²) >= 11 is 0. The minimum absolute atomic E-state index is 0.152. The third kappa shape index (κ3) is 2.66. The number of nitrogens with zero attached hydrogens (tertiary/aromatic N) is 2. The Kier molecular flexibility index (Phi) is 4.08. The van der Waals surface area contributed by atoms with Gasteiger partial charge in [0, 0.05) is 13.6 Å². The highest BCUT2D eigenvalue weighted by molar-refractivity contribution is 6.08. The molecule has 0 aromatic heterocycles. The molecular weight excluding hydrogens is 318 g/mol. The molecule has 1 N–H and O–H groups in total. The number of allylic oxidation sites excluding steroid dienone is 2. The van der Waals surface area contributed by atoms with Gasteiger partial charge in [0.2, 0.25) is 5.91 Å². The fourth-order valence-corrected chi connectivity index (χ4v) is 5.24. The summed E-state index contributed by atoms with van der Waals surface area (Å²) in [6, 6.07) is -0.329. The highest BCUT2D eigenvalue weighted by Crippen LogP contribution is 2.43. The normalized spacial score (nSPS) is 32.9. The van der Waals surface area contributed by atoms with Crippen molar-refractivity contribution in [2.24, 2.45) is 17.8 Å². The molecule has 0 aromatic carbocycles. The van der Waals surface area contributed by atoms with Crippen LogP contribution in [0.15, 0.2) is 12.2 Å². The van der Waals surface area contributed by atoms with Gasteiger partial charge in [0.25, 0.3) is 5.91 Å². The smallest absolute Gasteiger partial charge is 0.327 e. The van der Waals surface area contributed by atoms with Crippen molar-refractivity contribution in [1.29, 1.82) is 0 Å². The van der Waals surface area contributed by atoms with Gasteiger partial charge in [-0.15, -0.1) is 0 Å². The molecule has 2 saturated carbocycles. The van der Waals surface area contributed by atoms with Gasteiger partial charge in [-0.1, -0.05) is 31.4 Å². The van der Waals surface area contributed by atoms with Crippen LogP contribution < -0.4 is 5.32 Å². The predicted molar refractivity (Wildman–Crippen MR) is 92.5 cm³/mol. The first-order chi connectivity index (χ1) is 12.0. The molecule has 4 amide bonds. The zero-order chi connectivity index (χ0) is 17.6. The Hall–Kier alpha value is -1.85. The maximum Gasteiger partial charge on any atom is 0.327 e. The van der Waals surface area contributed by atoms with Crippen LogP contribution >= 0.6 is 0 Å². The van der Waals surface area contributed by atoms with E-state index in [1.165, 1.54) is 6.42 Å². The SMILES string of the molecule is CN1C(=O)N(CC(=O)NC[C@@H]2C[C@@H]3C=C[C@H]2C3)C(=O)C12CCCCC2. The molecule has 136 valence electrons. The number of carbonyl (C=O) groups is 3. The topological polar surface area (TPSA) is 69.7 Å². The summed E-state index contributed by atoms with van der Waals surface area (Å²) in [6.07, 6.45) is 11.3. The maximum atomic E-state index is 12.9. The monoisotopic (exact) mass is 345 g/mol. The Bertz CT molecular complexity index is 623. The highest BCUT2D eigenvalue weighted by atomic mass is 16.2. The molecule has 0 radical (unpaired) electrons. The van der Waals surface area contributed by atoms with Crippen molar-refractivity contribution in [3.63, 3.8) is 0 Å². The minimum atomic E-state index is -0.703. The number of carbonyl (C=O) groups excluding carboxylic acids is 3. The van der Waals surface area contributed by atoms with Crippen molar-refractivity contribution in [2.75, 3.05) is 20.1 Å². The summed E-state index contributed by atoms with van der Waals surface area (Å²) in [5.74, 6) is 1.34. The summed E-state index contributed by atoms with van der Waals surface area (Å²) in [5.41, 5.74) is -0.703. The average molecular weight is 345 g/mol. The molecule has 6 nitrogen and oxygen atoms in total. The molecule has 3 aliphatic carbocycles. The van der Waals surface area contributed by atoms with Gasteiger partial charge in [-0.3, -0.25) is 14.5 Å². The van der Waals surface area contributed by atoms with Gasteiger partial charge in [0.1, 0.15) is 12.1 Å². The van der Waals surface area contributed by atoms with Crippen LogP contribution in [0.4, 0.5) is 4.79 Å². The first kappa shape index (κ1) is 16.6. The number of hydrogen-bond acceptors (Lipinski definition) is 3. The van der Waals surface area contributed by atoms with Crippen LogP contribution in [-0.2, 0) is 9.59 Å². The van der Waals surface area contributed by atoms with Gasteiger partial charge in [0.05, 0.1) is 0 Å². The molecule has 1 aliphatic heterocycles. The second-order valence-corrected chi connectivity index (χ2v) is 8.17. The molecule has 1 heterocycles. The molecule has 4 aliphatic rings. The molecule has 2 bridgehead atoms. The molecule has 3 atom stereocenters. The summed E-state index contributed by atoms with van der Waals surface area (Å²) in [5, 5.41) is 2.95. The van der Waals surface area contributed by atoms with Gasteiger partial charge >= 0.3 is 6.03 Å². The lowest BCUT2D eigenvalue weighted by Crippen LogP contribution is -2.49. The van der Waals surface area contributed by atoms with Crippen molar-refractivity contribution in [3.8, 4) is 0 Å². The predicted octanol–water partition coefficient (Wildman–Crippen LogP) is 1.91. The molecule has 25 heavy (non-hydrogen) atoms. The van der Waals surface area contributed by atoms with E-state index in [-0.39, 0.29) is 24.4 Å². The van der Waals surface area contributed by atoms with Crippen LogP contribution in [0.3, 0.4) is 0 Å². The fourth-order valence-electron chi connectivity index (χ4n) is 5.24. The van der Waals surface area contributed by atoms with E-state index < -0.39 is 5.54 Å². The van der Waals surface area contributed by atoms with E-state index in [1.54, 1.807) is 11.9 Å². The molecule has 0 aromatic rings. The Balaban J connectivity index is 1.35. The number of hydrogen-bond donors (Lipinski definition) is 1. The van der Waals surface area contributed by atoms with E-state index in [2.05, 4.69) is 17.5 Å². The lowest BCUT2D eigenvalue weighted by atomic mass is 9.81.